The van der Waals surface area contributed by atoms with Crippen molar-refractivity contribution in [2.75, 3.05) is 0 Å². The van der Waals surface area contributed by atoms with E-state index in [-0.39, 0.29) is 4.32 Å². The molecule has 12 heavy (non-hydrogen) atoms. The smallest absolute Gasteiger partial charge is 0.0708 e. The molecule has 2 N–H and O–H groups in total. The van der Waals surface area contributed by atoms with Crippen LogP contribution in [0.2, 0.25) is 9.62 Å². The molecule has 0 radical (unpaired) electrons. The summed E-state index contributed by atoms with van der Waals surface area (Å²) < 4.78 is 11.0. The summed E-state index contributed by atoms with van der Waals surface area (Å²) in [7, 11) is 0. The van der Waals surface area contributed by atoms with Gasteiger partial charge in [0.25, 0.3) is 0 Å². The van der Waals surface area contributed by atoms with Crippen LogP contribution in [-0.2, 0) is 33.3 Å². The summed E-state index contributed by atoms with van der Waals surface area (Å²) in [5.41, 5.74) is 4.66. The van der Waals surface area contributed by atoms with Crippen LogP contribution in [0, 0.1) is 0 Å². The number of rotatable bonds is 4. The van der Waals surface area contributed by atoms with Crippen molar-refractivity contribution >= 4 is 29.2 Å². The quantitative estimate of drug-likeness (QED) is 0.490. The molecule has 0 saturated carbocycles. The molecular formula is C7H16MoNOS2. The first-order chi connectivity index (χ1) is 5.54. The summed E-state index contributed by atoms with van der Waals surface area (Å²) in [6.07, 6.45) is 2.22. The topological polar surface area (TPSA) is 43.1 Å². The first-order valence-electron chi connectivity index (χ1n) is 3.86. The zero-order valence-corrected chi connectivity index (χ0v) is 11.2. The van der Waals surface area contributed by atoms with Gasteiger partial charge in [-0.2, -0.15) is 0 Å². The predicted molar refractivity (Wildman–Crippen MR) is 55.0 cm³/mol. The zero-order valence-electron chi connectivity index (χ0n) is 7.54. The van der Waals surface area contributed by atoms with Gasteiger partial charge in [-0.1, -0.05) is 4.32 Å². The molecule has 0 aliphatic rings. The molecule has 0 aliphatic heterocycles. The van der Waals surface area contributed by atoms with Crippen molar-refractivity contribution < 1.29 is 20.7 Å². The van der Waals surface area contributed by atoms with Gasteiger partial charge in [0.1, 0.15) is 0 Å². The monoisotopic (exact) mass is 292 g/mol. The van der Waals surface area contributed by atoms with Crippen LogP contribution in [0.4, 0.5) is 0 Å². The van der Waals surface area contributed by atoms with Gasteiger partial charge in [0.15, 0.2) is 0 Å². The van der Waals surface area contributed by atoms with Gasteiger partial charge >= 0.3 is 57.0 Å². The molecule has 0 bridgehead atoms. The van der Waals surface area contributed by atoms with E-state index in [0.717, 1.165) is 22.5 Å². The van der Waals surface area contributed by atoms with Crippen molar-refractivity contribution in [3.8, 4) is 0 Å². The van der Waals surface area contributed by atoms with Crippen LogP contribution >= 0.6 is 12.2 Å². The second-order valence-corrected chi connectivity index (χ2v) is 7.47. The molecular weight excluding hydrogens is 274 g/mol. The molecule has 0 atom stereocenters. The molecule has 0 aliphatic carbocycles. The van der Waals surface area contributed by atoms with Crippen LogP contribution in [0.1, 0.15) is 26.7 Å². The van der Waals surface area contributed by atoms with Gasteiger partial charge in [-0.15, -0.1) is 0 Å². The standard InChI is InChI=1S/2C3H7.CH3NS2.Mo.O/c2*1-3-2;2-1(3)4;;/h2*1,3H2,2H3;(H3,2,3,4);;/q;;;+1;/p-1. The number of hydrogen-bond donors (Lipinski definition) is 1. The molecule has 0 fully saturated rings. The van der Waals surface area contributed by atoms with Gasteiger partial charge in [0.05, 0.1) is 0 Å². The second kappa shape index (κ2) is 11.6. The third kappa shape index (κ3) is 22.4. The van der Waals surface area contributed by atoms with E-state index in [0.29, 0.717) is 0 Å². The van der Waals surface area contributed by atoms with E-state index in [2.05, 4.69) is 44.4 Å². The Balaban J connectivity index is 0. The fourth-order valence-corrected chi connectivity index (χ4v) is 3.30. The predicted octanol–water partition coefficient (Wildman–Crippen LogP) is 2.38. The van der Waals surface area contributed by atoms with Crippen molar-refractivity contribution in [2.24, 2.45) is 5.73 Å². The van der Waals surface area contributed by atoms with Crippen LogP contribution in [0.3, 0.4) is 0 Å². The Labute approximate surface area is 91.6 Å². The molecule has 73 valence electrons. The van der Waals surface area contributed by atoms with Gasteiger partial charge < -0.3 is 30.6 Å². The molecule has 0 spiro atoms. The van der Waals surface area contributed by atoms with Crippen LogP contribution < -0.4 is 5.73 Å². The van der Waals surface area contributed by atoms with Gasteiger partial charge in [0, 0.05) is 0 Å². The third-order valence-electron chi connectivity index (χ3n) is 0.864. The summed E-state index contributed by atoms with van der Waals surface area (Å²) >= 11 is 6.55. The summed E-state index contributed by atoms with van der Waals surface area (Å²) in [5, 5.41) is 0. The minimum atomic E-state index is -1.71. The Bertz CT molecular complexity index is 129. The SMILES string of the molecule is CC[CH2][Mo+](=[O])[CH2]CC.NC(=S)[S-]. The van der Waals surface area contributed by atoms with Gasteiger partial charge in [-0.05, 0) is 0 Å². The van der Waals surface area contributed by atoms with Gasteiger partial charge in [-0.3, -0.25) is 0 Å². The van der Waals surface area contributed by atoms with Crippen LogP contribution in [0.15, 0.2) is 0 Å². The Hall–Kier alpha value is 0.598. The van der Waals surface area contributed by atoms with Crippen molar-refractivity contribution in [3.63, 3.8) is 0 Å². The number of nitrogens with two attached hydrogens (primary N) is 1. The van der Waals surface area contributed by atoms with E-state index >= 15 is 0 Å². The number of thiocarbonyl (C=S) groups is 1. The van der Waals surface area contributed by atoms with Crippen molar-refractivity contribution in [2.45, 2.75) is 36.3 Å². The molecule has 0 aromatic carbocycles. The fourth-order valence-electron chi connectivity index (χ4n) is 0.557. The molecule has 0 saturated heterocycles. The van der Waals surface area contributed by atoms with Crippen molar-refractivity contribution in [1.82, 2.24) is 0 Å². The average Bonchev–Trinajstić information content (AvgIpc) is 1.87. The molecule has 0 unspecified atom stereocenters. The summed E-state index contributed by atoms with van der Waals surface area (Å²) in [6, 6.07) is 0. The summed E-state index contributed by atoms with van der Waals surface area (Å²) in [4.78, 5) is 2.05. The van der Waals surface area contributed by atoms with Crippen LogP contribution in [0.5, 0.6) is 0 Å². The van der Waals surface area contributed by atoms with E-state index in [1.807, 2.05) is 0 Å². The first kappa shape index (κ1) is 15.1. The van der Waals surface area contributed by atoms with E-state index in [1.54, 1.807) is 0 Å². The van der Waals surface area contributed by atoms with Crippen molar-refractivity contribution in [1.29, 1.82) is 0 Å². The largest absolute Gasteiger partial charge is 0.415 e. The maximum Gasteiger partial charge on any atom is -0.0708 e. The maximum absolute atomic E-state index is 10.9. The molecule has 0 aromatic rings. The summed E-state index contributed by atoms with van der Waals surface area (Å²) in [5.74, 6) is 0. The molecule has 0 amide bonds. The Morgan fingerprint density at radius 2 is 1.67 bits per heavy atom. The number of hydrogen-bond acceptors (Lipinski definition) is 3. The van der Waals surface area contributed by atoms with E-state index < -0.39 is 17.3 Å². The molecule has 0 heterocycles. The fraction of sp³-hybridized carbons (Fsp3) is 0.857. The Morgan fingerprint density at radius 1 is 1.42 bits per heavy atom. The van der Waals surface area contributed by atoms with E-state index in [9.17, 15) is 3.40 Å². The minimum Gasteiger partial charge on any atom is -0.415 e. The van der Waals surface area contributed by atoms with Gasteiger partial charge in [-0.25, -0.2) is 0 Å². The van der Waals surface area contributed by atoms with E-state index in [4.69, 9.17) is 0 Å². The maximum atomic E-state index is 10.9. The molecule has 0 aromatic heterocycles. The Morgan fingerprint density at radius 3 is 1.83 bits per heavy atom. The second-order valence-electron chi connectivity index (χ2n) is 2.17. The molecule has 5 heteroatoms. The van der Waals surface area contributed by atoms with Crippen LogP contribution in [-0.4, -0.2) is 4.32 Å². The normalized spacial score (nSPS) is 8.17. The van der Waals surface area contributed by atoms with Crippen LogP contribution in [0.25, 0.3) is 0 Å². The molecule has 2 nitrogen and oxygen atoms in total. The Kier molecular flexibility index (Phi) is 14.6. The minimum absolute atomic E-state index is 0.0833. The third-order valence-corrected chi connectivity index (χ3v) is 5.11. The van der Waals surface area contributed by atoms with Gasteiger partial charge in [0.2, 0.25) is 0 Å². The first-order valence-corrected chi connectivity index (χ1v) is 8.33. The summed E-state index contributed by atoms with van der Waals surface area (Å²) in [6.45, 7) is 4.20. The van der Waals surface area contributed by atoms with E-state index in [1.165, 1.54) is 0 Å². The molecule has 0 rings (SSSR count). The average molecular weight is 290 g/mol. The zero-order chi connectivity index (χ0) is 9.98. The van der Waals surface area contributed by atoms with Crippen molar-refractivity contribution in [3.05, 3.63) is 0 Å².